The van der Waals surface area contributed by atoms with Crippen LogP contribution in [0, 0.1) is 0 Å². The second kappa shape index (κ2) is 7.11. The van der Waals surface area contributed by atoms with Crippen LogP contribution in [-0.2, 0) is 9.53 Å². The summed E-state index contributed by atoms with van der Waals surface area (Å²) in [5.41, 5.74) is 0.235. The first kappa shape index (κ1) is 16.8. The number of nitrogens with one attached hydrogen (secondary N) is 1. The van der Waals surface area contributed by atoms with Crippen molar-refractivity contribution >= 4 is 23.4 Å². The topological polar surface area (TPSA) is 58.6 Å². The van der Waals surface area contributed by atoms with Gasteiger partial charge < -0.3 is 15.0 Å². The maximum absolute atomic E-state index is 12.3. The van der Waals surface area contributed by atoms with Crippen molar-refractivity contribution in [3.63, 3.8) is 0 Å². The minimum atomic E-state index is -0.296. The molecule has 6 heteroatoms. The predicted octanol–water partition coefficient (Wildman–Crippen LogP) is 2.10. The normalized spacial score (nSPS) is 17.1. The van der Waals surface area contributed by atoms with Crippen LogP contribution in [0.4, 0.5) is 0 Å². The van der Waals surface area contributed by atoms with E-state index >= 15 is 0 Å². The van der Waals surface area contributed by atoms with E-state index in [1.54, 1.807) is 24.3 Å². The summed E-state index contributed by atoms with van der Waals surface area (Å²) in [5.74, 6) is -0.171. The highest BCUT2D eigenvalue weighted by Crippen LogP contribution is 2.19. The number of ether oxygens (including phenoxy) is 1. The van der Waals surface area contributed by atoms with E-state index in [1.807, 2.05) is 18.7 Å². The predicted molar refractivity (Wildman–Crippen MR) is 85.0 cm³/mol. The lowest BCUT2D eigenvalue weighted by molar-refractivity contribution is -0.146. The number of morpholine rings is 1. The highest BCUT2D eigenvalue weighted by molar-refractivity contribution is 6.30. The molecule has 5 nitrogen and oxygen atoms in total. The summed E-state index contributed by atoms with van der Waals surface area (Å²) >= 11 is 5.78. The number of nitrogens with zero attached hydrogens (tertiary/aromatic N) is 1. The molecule has 120 valence electrons. The Bertz CT molecular complexity index is 543. The van der Waals surface area contributed by atoms with Crippen LogP contribution in [0.15, 0.2) is 24.3 Å². The molecule has 1 N–H and O–H groups in total. The number of rotatable bonds is 4. The van der Waals surface area contributed by atoms with Crippen molar-refractivity contribution in [3.05, 3.63) is 34.9 Å². The molecule has 0 atom stereocenters. The number of hydrogen-bond acceptors (Lipinski definition) is 3. The summed E-state index contributed by atoms with van der Waals surface area (Å²) in [7, 11) is 0. The van der Waals surface area contributed by atoms with Gasteiger partial charge in [-0.1, -0.05) is 11.6 Å². The summed E-state index contributed by atoms with van der Waals surface area (Å²) in [6.45, 7) is 5.97. The Balaban J connectivity index is 1.81. The van der Waals surface area contributed by atoms with E-state index in [0.29, 0.717) is 36.9 Å². The summed E-state index contributed by atoms with van der Waals surface area (Å²) in [6.07, 6.45) is 0.281. The molecular weight excluding hydrogens is 304 g/mol. The van der Waals surface area contributed by atoms with Gasteiger partial charge in [0.15, 0.2) is 0 Å². The molecule has 1 aliphatic rings. The molecule has 1 aliphatic heterocycles. The Kier molecular flexibility index (Phi) is 5.42. The molecule has 0 saturated carbocycles. The number of carbonyl (C=O) groups excluding carboxylic acids is 2. The third kappa shape index (κ3) is 4.21. The van der Waals surface area contributed by atoms with Gasteiger partial charge in [0.2, 0.25) is 5.91 Å². The molecule has 1 saturated heterocycles. The Morgan fingerprint density at radius 2 is 2.00 bits per heavy atom. The van der Waals surface area contributed by atoms with E-state index in [1.165, 1.54) is 0 Å². The minimum Gasteiger partial charge on any atom is -0.377 e. The quantitative estimate of drug-likeness (QED) is 0.922. The molecule has 0 spiro atoms. The number of amides is 2. The van der Waals surface area contributed by atoms with Gasteiger partial charge in [-0.05, 0) is 38.1 Å². The highest BCUT2D eigenvalue weighted by atomic mass is 35.5. The van der Waals surface area contributed by atoms with Gasteiger partial charge in [-0.2, -0.15) is 0 Å². The first-order valence-corrected chi connectivity index (χ1v) is 7.70. The summed E-state index contributed by atoms with van der Waals surface area (Å²) in [5, 5.41) is 3.34. The first-order valence-electron chi connectivity index (χ1n) is 7.32. The molecular formula is C16H21ClN2O3. The minimum absolute atomic E-state index is 0.0321. The fraction of sp³-hybridized carbons (Fsp3) is 0.500. The van der Waals surface area contributed by atoms with Crippen LogP contribution < -0.4 is 5.32 Å². The maximum Gasteiger partial charge on any atom is 0.251 e. The van der Waals surface area contributed by atoms with Gasteiger partial charge in [0, 0.05) is 30.1 Å². The van der Waals surface area contributed by atoms with Gasteiger partial charge in [0.05, 0.1) is 18.8 Å². The van der Waals surface area contributed by atoms with Gasteiger partial charge in [-0.3, -0.25) is 9.59 Å². The van der Waals surface area contributed by atoms with E-state index in [-0.39, 0.29) is 23.8 Å². The number of halogens is 1. The SMILES string of the molecule is CC1(C)COCCN1C(=O)CCNC(=O)c1ccc(Cl)cc1. The lowest BCUT2D eigenvalue weighted by Crippen LogP contribution is -2.55. The van der Waals surface area contributed by atoms with Gasteiger partial charge >= 0.3 is 0 Å². The summed E-state index contributed by atoms with van der Waals surface area (Å²) in [6, 6.07) is 6.64. The van der Waals surface area contributed by atoms with Crippen molar-refractivity contribution in [1.29, 1.82) is 0 Å². The van der Waals surface area contributed by atoms with Gasteiger partial charge in [0.25, 0.3) is 5.91 Å². The van der Waals surface area contributed by atoms with Crippen molar-refractivity contribution in [2.24, 2.45) is 0 Å². The standard InChI is InChI=1S/C16H21ClN2O3/c1-16(2)11-22-10-9-19(16)14(20)7-8-18-15(21)12-3-5-13(17)6-4-12/h3-6H,7-11H2,1-2H3,(H,18,21). The average Bonchev–Trinajstić information content (AvgIpc) is 2.47. The largest absolute Gasteiger partial charge is 0.377 e. The second-order valence-electron chi connectivity index (χ2n) is 5.92. The van der Waals surface area contributed by atoms with Crippen molar-refractivity contribution < 1.29 is 14.3 Å². The van der Waals surface area contributed by atoms with Gasteiger partial charge in [-0.15, -0.1) is 0 Å². The van der Waals surface area contributed by atoms with Crippen LogP contribution in [0.25, 0.3) is 0 Å². The van der Waals surface area contributed by atoms with E-state index in [4.69, 9.17) is 16.3 Å². The molecule has 1 heterocycles. The van der Waals surface area contributed by atoms with E-state index in [0.717, 1.165) is 0 Å². The highest BCUT2D eigenvalue weighted by Gasteiger charge is 2.33. The number of hydrogen-bond donors (Lipinski definition) is 1. The molecule has 0 aromatic heterocycles. The monoisotopic (exact) mass is 324 g/mol. The summed E-state index contributed by atoms with van der Waals surface area (Å²) < 4.78 is 5.40. The van der Waals surface area contributed by atoms with Gasteiger partial charge in [-0.25, -0.2) is 0 Å². The van der Waals surface area contributed by atoms with Crippen LogP contribution >= 0.6 is 11.6 Å². The lowest BCUT2D eigenvalue weighted by atomic mass is 10.0. The maximum atomic E-state index is 12.3. The Morgan fingerprint density at radius 3 is 2.64 bits per heavy atom. The van der Waals surface area contributed by atoms with Gasteiger partial charge in [0.1, 0.15) is 0 Å². The van der Waals surface area contributed by atoms with Crippen molar-refractivity contribution in [1.82, 2.24) is 10.2 Å². The zero-order valence-electron chi connectivity index (χ0n) is 12.9. The zero-order valence-corrected chi connectivity index (χ0v) is 13.7. The van der Waals surface area contributed by atoms with Crippen LogP contribution in [0.3, 0.4) is 0 Å². The molecule has 1 aromatic carbocycles. The molecule has 0 aliphatic carbocycles. The third-order valence-electron chi connectivity index (χ3n) is 3.68. The molecule has 0 bridgehead atoms. The molecule has 0 radical (unpaired) electrons. The lowest BCUT2D eigenvalue weighted by Gasteiger charge is -2.42. The number of carbonyl (C=O) groups is 2. The van der Waals surface area contributed by atoms with Crippen molar-refractivity contribution in [2.75, 3.05) is 26.3 Å². The van der Waals surface area contributed by atoms with E-state index < -0.39 is 0 Å². The summed E-state index contributed by atoms with van der Waals surface area (Å²) in [4.78, 5) is 26.0. The molecule has 1 fully saturated rings. The number of benzene rings is 1. The molecule has 22 heavy (non-hydrogen) atoms. The zero-order chi connectivity index (χ0) is 16.2. The Hall–Kier alpha value is -1.59. The third-order valence-corrected chi connectivity index (χ3v) is 3.93. The van der Waals surface area contributed by atoms with E-state index in [2.05, 4.69) is 5.32 Å². The van der Waals surface area contributed by atoms with Crippen LogP contribution in [-0.4, -0.2) is 48.6 Å². The van der Waals surface area contributed by atoms with Crippen LogP contribution in [0.5, 0.6) is 0 Å². The molecule has 2 amide bonds. The second-order valence-corrected chi connectivity index (χ2v) is 6.36. The van der Waals surface area contributed by atoms with Crippen LogP contribution in [0.2, 0.25) is 5.02 Å². The molecule has 2 rings (SSSR count). The first-order chi connectivity index (χ1) is 10.4. The van der Waals surface area contributed by atoms with Crippen LogP contribution in [0.1, 0.15) is 30.6 Å². The van der Waals surface area contributed by atoms with Crippen molar-refractivity contribution in [2.45, 2.75) is 25.8 Å². The molecule has 1 aromatic rings. The molecule has 0 unspecified atom stereocenters. The Labute approximate surface area is 135 Å². The Morgan fingerprint density at radius 1 is 1.32 bits per heavy atom. The smallest absolute Gasteiger partial charge is 0.251 e. The van der Waals surface area contributed by atoms with Crippen molar-refractivity contribution in [3.8, 4) is 0 Å². The van der Waals surface area contributed by atoms with E-state index in [9.17, 15) is 9.59 Å². The fourth-order valence-corrected chi connectivity index (χ4v) is 2.57. The average molecular weight is 325 g/mol. The fourth-order valence-electron chi connectivity index (χ4n) is 2.44.